The monoisotopic (exact) mass is 362 g/mol. The zero-order valence-corrected chi connectivity index (χ0v) is 14.1. The van der Waals surface area contributed by atoms with Gasteiger partial charge in [-0.1, -0.05) is 24.3 Å². The lowest BCUT2D eigenvalue weighted by Gasteiger charge is -2.10. The van der Waals surface area contributed by atoms with E-state index in [0.717, 1.165) is 11.1 Å². The first-order valence-electron chi connectivity index (χ1n) is 6.78. The summed E-state index contributed by atoms with van der Waals surface area (Å²) in [5.41, 5.74) is 2.08. The van der Waals surface area contributed by atoms with E-state index in [1.807, 2.05) is 31.2 Å². The number of aryl methyl sites for hydroxylation is 3. The van der Waals surface area contributed by atoms with Crippen molar-refractivity contribution in [3.05, 3.63) is 61.0 Å². The highest BCUT2D eigenvalue weighted by molar-refractivity contribution is 9.10. The van der Waals surface area contributed by atoms with Crippen LogP contribution < -0.4 is 11.2 Å². The van der Waals surface area contributed by atoms with Gasteiger partial charge in [0.25, 0.3) is 5.56 Å². The highest BCUT2D eigenvalue weighted by atomic mass is 79.9. The van der Waals surface area contributed by atoms with Gasteiger partial charge in [0.1, 0.15) is 0 Å². The van der Waals surface area contributed by atoms with Crippen LogP contribution in [0.2, 0.25) is 0 Å². The molecule has 0 bridgehead atoms. The molecule has 0 N–H and O–H groups in total. The van der Waals surface area contributed by atoms with Crippen molar-refractivity contribution < 1.29 is 0 Å². The van der Waals surface area contributed by atoms with Crippen molar-refractivity contribution in [1.82, 2.24) is 18.7 Å². The Labute approximate surface area is 134 Å². The molecule has 0 spiro atoms. The van der Waals surface area contributed by atoms with Gasteiger partial charge >= 0.3 is 5.69 Å². The van der Waals surface area contributed by atoms with E-state index < -0.39 is 0 Å². The van der Waals surface area contributed by atoms with Gasteiger partial charge in [-0.05, 0) is 34.0 Å². The smallest absolute Gasteiger partial charge is 0.316 e. The lowest BCUT2D eigenvalue weighted by atomic mass is 10.1. The first-order chi connectivity index (χ1) is 10.4. The van der Waals surface area contributed by atoms with E-state index >= 15 is 0 Å². The van der Waals surface area contributed by atoms with Gasteiger partial charge in [-0.15, -0.1) is 0 Å². The summed E-state index contributed by atoms with van der Waals surface area (Å²) < 4.78 is 4.81. The fourth-order valence-corrected chi connectivity index (χ4v) is 2.86. The highest BCUT2D eigenvalue weighted by Crippen LogP contribution is 2.14. The Morgan fingerprint density at radius 2 is 1.82 bits per heavy atom. The Morgan fingerprint density at radius 1 is 1.14 bits per heavy atom. The zero-order valence-electron chi connectivity index (χ0n) is 12.5. The molecule has 114 valence electrons. The Morgan fingerprint density at radius 3 is 2.50 bits per heavy atom. The number of aromatic nitrogens is 4. The molecule has 0 saturated heterocycles. The van der Waals surface area contributed by atoms with E-state index in [4.69, 9.17) is 0 Å². The lowest BCUT2D eigenvalue weighted by molar-refractivity contribution is 0.653. The van der Waals surface area contributed by atoms with Gasteiger partial charge in [0, 0.05) is 14.1 Å². The van der Waals surface area contributed by atoms with E-state index in [0.29, 0.717) is 15.9 Å². The van der Waals surface area contributed by atoms with Gasteiger partial charge in [0.15, 0.2) is 15.9 Å². The fourth-order valence-electron chi connectivity index (χ4n) is 2.51. The average molecular weight is 363 g/mol. The minimum absolute atomic E-state index is 0.247. The molecule has 3 aromatic rings. The highest BCUT2D eigenvalue weighted by Gasteiger charge is 2.17. The van der Waals surface area contributed by atoms with Crippen LogP contribution in [0.1, 0.15) is 11.1 Å². The molecule has 2 aromatic heterocycles. The molecule has 6 nitrogen and oxygen atoms in total. The van der Waals surface area contributed by atoms with Crippen LogP contribution >= 0.6 is 15.9 Å². The van der Waals surface area contributed by atoms with Gasteiger partial charge in [-0.3, -0.25) is 13.9 Å². The maximum atomic E-state index is 12.7. The lowest BCUT2D eigenvalue weighted by Crippen LogP contribution is -2.40. The number of fused-ring (bicyclic) bond motifs is 1. The predicted octanol–water partition coefficient (Wildman–Crippen LogP) is 1.55. The second-order valence-electron chi connectivity index (χ2n) is 5.27. The van der Waals surface area contributed by atoms with Gasteiger partial charge in [-0.25, -0.2) is 9.78 Å². The zero-order chi connectivity index (χ0) is 16.0. The number of nitrogens with zero attached hydrogens (tertiary/aromatic N) is 4. The van der Waals surface area contributed by atoms with Crippen molar-refractivity contribution in [3.8, 4) is 0 Å². The average Bonchev–Trinajstić information content (AvgIpc) is 2.79. The van der Waals surface area contributed by atoms with Crippen LogP contribution in [0.3, 0.4) is 0 Å². The second kappa shape index (κ2) is 5.24. The van der Waals surface area contributed by atoms with Gasteiger partial charge in [0.05, 0.1) is 6.54 Å². The molecule has 0 aliphatic rings. The topological polar surface area (TPSA) is 61.8 Å². The van der Waals surface area contributed by atoms with Crippen LogP contribution in [0.25, 0.3) is 11.2 Å². The number of hydrogen-bond acceptors (Lipinski definition) is 3. The van der Waals surface area contributed by atoms with Gasteiger partial charge in [-0.2, -0.15) is 0 Å². The molecule has 7 heteroatoms. The van der Waals surface area contributed by atoms with Gasteiger partial charge in [0.2, 0.25) is 0 Å². The largest absolute Gasteiger partial charge is 0.332 e. The fraction of sp³-hybridized carbons (Fsp3) is 0.267. The van der Waals surface area contributed by atoms with Crippen molar-refractivity contribution >= 4 is 27.1 Å². The van der Waals surface area contributed by atoms with Crippen molar-refractivity contribution in [1.29, 1.82) is 0 Å². The maximum absolute atomic E-state index is 12.7. The molecule has 3 rings (SSSR count). The Kier molecular flexibility index (Phi) is 3.52. The Bertz CT molecular complexity index is 997. The molecule has 0 aliphatic heterocycles. The maximum Gasteiger partial charge on any atom is 0.332 e. The van der Waals surface area contributed by atoms with Crippen LogP contribution in [0.15, 0.2) is 38.6 Å². The molecule has 0 atom stereocenters. The number of imidazole rings is 1. The van der Waals surface area contributed by atoms with Crippen molar-refractivity contribution in [2.24, 2.45) is 14.1 Å². The molecule has 0 unspecified atom stereocenters. The molecular weight excluding hydrogens is 348 g/mol. The third kappa shape index (κ3) is 2.12. The molecule has 0 aliphatic carbocycles. The number of benzene rings is 1. The van der Waals surface area contributed by atoms with E-state index in [1.165, 1.54) is 9.13 Å². The van der Waals surface area contributed by atoms with Gasteiger partial charge < -0.3 is 4.57 Å². The minimum Gasteiger partial charge on any atom is -0.316 e. The molecule has 0 saturated carbocycles. The summed E-state index contributed by atoms with van der Waals surface area (Å²) in [6, 6.07) is 7.72. The van der Waals surface area contributed by atoms with Crippen molar-refractivity contribution in [3.63, 3.8) is 0 Å². The molecule has 22 heavy (non-hydrogen) atoms. The molecule has 2 heterocycles. The van der Waals surface area contributed by atoms with Crippen LogP contribution in [0, 0.1) is 6.92 Å². The van der Waals surface area contributed by atoms with E-state index in [1.54, 1.807) is 18.7 Å². The molecule has 1 aromatic carbocycles. The van der Waals surface area contributed by atoms with Crippen molar-refractivity contribution in [2.75, 3.05) is 0 Å². The predicted molar refractivity (Wildman–Crippen MR) is 88.2 cm³/mol. The third-order valence-electron chi connectivity index (χ3n) is 3.90. The van der Waals surface area contributed by atoms with Crippen LogP contribution in [0.4, 0.5) is 0 Å². The SMILES string of the molecule is Cc1ccccc1Cn1c(=O)c2c(nc(Br)n2C)n(C)c1=O. The standard InChI is InChI=1S/C15H15BrN4O2/c1-9-6-4-5-7-10(9)8-20-13(21)11-12(19(3)15(20)22)17-14(16)18(11)2/h4-7H,8H2,1-3H3. The van der Waals surface area contributed by atoms with Crippen LogP contribution in [-0.2, 0) is 20.6 Å². The van der Waals surface area contributed by atoms with E-state index in [9.17, 15) is 9.59 Å². The summed E-state index contributed by atoms with van der Waals surface area (Å²) in [6.45, 7) is 2.21. The second-order valence-corrected chi connectivity index (χ2v) is 5.98. The van der Waals surface area contributed by atoms with E-state index in [2.05, 4.69) is 20.9 Å². The molecular formula is C15H15BrN4O2. The summed E-state index contributed by atoms with van der Waals surface area (Å²) in [5, 5.41) is 0. The summed E-state index contributed by atoms with van der Waals surface area (Å²) in [6.07, 6.45) is 0. The Hall–Kier alpha value is -2.15. The third-order valence-corrected chi connectivity index (χ3v) is 4.60. The summed E-state index contributed by atoms with van der Waals surface area (Å²) in [7, 11) is 3.36. The van der Waals surface area contributed by atoms with E-state index in [-0.39, 0.29) is 17.8 Å². The summed E-state index contributed by atoms with van der Waals surface area (Å²) in [4.78, 5) is 29.4. The quantitative estimate of drug-likeness (QED) is 0.649. The molecule has 0 radical (unpaired) electrons. The van der Waals surface area contributed by atoms with Crippen molar-refractivity contribution in [2.45, 2.75) is 13.5 Å². The summed E-state index contributed by atoms with van der Waals surface area (Å²) >= 11 is 3.29. The first-order valence-corrected chi connectivity index (χ1v) is 7.57. The normalized spacial score (nSPS) is 11.3. The van der Waals surface area contributed by atoms with Crippen LogP contribution in [0.5, 0.6) is 0 Å². The number of hydrogen-bond donors (Lipinski definition) is 0. The molecule has 0 fully saturated rings. The summed E-state index contributed by atoms with van der Waals surface area (Å²) in [5.74, 6) is 0. The number of rotatable bonds is 2. The molecule has 0 amide bonds. The first kappa shape index (κ1) is 14.8. The van der Waals surface area contributed by atoms with Crippen LogP contribution in [-0.4, -0.2) is 18.7 Å². The number of halogens is 1. The Balaban J connectivity index is 2.31. The minimum atomic E-state index is -0.369.